The molecule has 0 radical (unpaired) electrons. The fraction of sp³-hybridized carbons (Fsp3) is 0.438. The minimum Gasteiger partial charge on any atom is -0.480 e. The number of carboxylic acid groups (broad SMARTS) is 1. The number of carboxylic acids is 1. The molecule has 0 aromatic heterocycles. The Labute approximate surface area is 144 Å². The molecule has 0 bridgehead atoms. The van der Waals surface area contributed by atoms with Gasteiger partial charge in [-0.2, -0.15) is 0 Å². The maximum absolute atomic E-state index is 12.7. The maximum Gasteiger partial charge on any atom is 0.355 e. The van der Waals surface area contributed by atoms with Crippen molar-refractivity contribution in [2.75, 3.05) is 13.1 Å². The lowest BCUT2D eigenvalue weighted by molar-refractivity contribution is -0.163. The van der Waals surface area contributed by atoms with Gasteiger partial charge in [-0.25, -0.2) is 24.6 Å². The van der Waals surface area contributed by atoms with Gasteiger partial charge in [-0.1, -0.05) is 30.3 Å². The zero-order valence-electron chi connectivity index (χ0n) is 13.6. The molecule has 3 amide bonds. The Balaban J connectivity index is 1.69. The molecule has 9 heteroatoms. The zero-order chi connectivity index (χ0) is 17.8. The van der Waals surface area contributed by atoms with Crippen LogP contribution in [0.4, 0.5) is 4.79 Å². The smallest absolute Gasteiger partial charge is 0.355 e. The van der Waals surface area contributed by atoms with Gasteiger partial charge in [0, 0.05) is 13.0 Å². The predicted molar refractivity (Wildman–Crippen MR) is 85.3 cm³/mol. The summed E-state index contributed by atoms with van der Waals surface area (Å²) in [5.74, 6) is -1.40. The van der Waals surface area contributed by atoms with Crippen LogP contribution >= 0.6 is 0 Å². The number of rotatable bonds is 5. The van der Waals surface area contributed by atoms with Gasteiger partial charge in [-0.05, 0) is 18.4 Å². The highest BCUT2D eigenvalue weighted by atomic mass is 16.7. The van der Waals surface area contributed by atoms with Crippen molar-refractivity contribution in [1.29, 1.82) is 0 Å². The average molecular weight is 348 g/mol. The molecule has 2 aliphatic rings. The number of fused-ring (bicyclic) bond motifs is 1. The lowest BCUT2D eigenvalue weighted by Gasteiger charge is -2.41. The minimum absolute atomic E-state index is 0.0935. The first-order chi connectivity index (χ1) is 12.1. The van der Waals surface area contributed by atoms with Crippen LogP contribution in [0.25, 0.3) is 0 Å². The summed E-state index contributed by atoms with van der Waals surface area (Å²) in [5.41, 5.74) is 3.46. The van der Waals surface area contributed by atoms with Gasteiger partial charge in [0.05, 0.1) is 13.2 Å². The molecule has 25 heavy (non-hydrogen) atoms. The van der Waals surface area contributed by atoms with Crippen molar-refractivity contribution in [1.82, 2.24) is 20.6 Å². The summed E-state index contributed by atoms with van der Waals surface area (Å²) in [7, 11) is 0. The van der Waals surface area contributed by atoms with Gasteiger partial charge in [-0.15, -0.1) is 5.59 Å². The standard InChI is InChI=1S/C16H20N4O5/c21-14-8-10-18(17-25-11-12-5-2-1-3-6-12)16(24)20-13(15(22)23)7-4-9-19(14)20/h1-3,5-6,13,17H,4,7-11H2,(H,22,23)/t13-/m0/s1. The van der Waals surface area contributed by atoms with Crippen LogP contribution in [0, 0.1) is 0 Å². The number of benzene rings is 1. The van der Waals surface area contributed by atoms with Gasteiger partial charge in [0.2, 0.25) is 5.91 Å². The molecule has 0 saturated carbocycles. The van der Waals surface area contributed by atoms with Gasteiger partial charge in [0.15, 0.2) is 6.04 Å². The second-order valence-electron chi connectivity index (χ2n) is 5.91. The number of amides is 3. The van der Waals surface area contributed by atoms with Crippen molar-refractivity contribution in [2.45, 2.75) is 31.9 Å². The highest BCUT2D eigenvalue weighted by Crippen LogP contribution is 2.23. The van der Waals surface area contributed by atoms with E-state index >= 15 is 0 Å². The Kier molecular flexibility index (Phi) is 5.15. The first-order valence-electron chi connectivity index (χ1n) is 8.13. The number of aliphatic carboxylic acids is 1. The van der Waals surface area contributed by atoms with Gasteiger partial charge in [-0.3, -0.25) is 9.63 Å². The van der Waals surface area contributed by atoms with E-state index in [-0.39, 0.29) is 25.5 Å². The normalized spacial score (nSPS) is 21.1. The second-order valence-corrected chi connectivity index (χ2v) is 5.91. The molecule has 1 aromatic rings. The van der Waals surface area contributed by atoms with E-state index in [2.05, 4.69) is 5.59 Å². The molecule has 0 unspecified atom stereocenters. The zero-order valence-corrected chi connectivity index (χ0v) is 13.6. The number of hydrogen-bond acceptors (Lipinski definition) is 5. The first-order valence-corrected chi connectivity index (χ1v) is 8.13. The monoisotopic (exact) mass is 348 g/mol. The molecule has 2 heterocycles. The van der Waals surface area contributed by atoms with E-state index in [1.807, 2.05) is 30.3 Å². The van der Waals surface area contributed by atoms with E-state index in [4.69, 9.17) is 4.84 Å². The van der Waals surface area contributed by atoms with E-state index in [0.29, 0.717) is 19.4 Å². The van der Waals surface area contributed by atoms with E-state index < -0.39 is 18.0 Å². The number of nitrogens with zero attached hydrogens (tertiary/aromatic N) is 3. The van der Waals surface area contributed by atoms with Crippen LogP contribution in [0.3, 0.4) is 0 Å². The molecule has 0 spiro atoms. The molecule has 2 N–H and O–H groups in total. The Hall–Kier alpha value is -2.65. The molecule has 2 aliphatic heterocycles. The third kappa shape index (κ3) is 3.72. The van der Waals surface area contributed by atoms with Crippen molar-refractivity contribution in [3.63, 3.8) is 0 Å². The van der Waals surface area contributed by atoms with Crippen LogP contribution < -0.4 is 5.59 Å². The van der Waals surface area contributed by atoms with Crippen LogP contribution in [-0.4, -0.2) is 57.2 Å². The minimum atomic E-state index is -1.13. The van der Waals surface area contributed by atoms with Gasteiger partial charge in [0.1, 0.15) is 0 Å². The lowest BCUT2D eigenvalue weighted by Crippen LogP contribution is -2.62. The molecule has 2 saturated heterocycles. The number of nitrogens with one attached hydrogen (secondary N) is 1. The SMILES string of the molecule is O=C(O)[C@@H]1CCCN2C(=O)CCN(NOCc3ccccc3)C(=O)N12. The van der Waals surface area contributed by atoms with Crippen LogP contribution in [-0.2, 0) is 21.0 Å². The molecule has 9 nitrogen and oxygen atoms in total. The van der Waals surface area contributed by atoms with Crippen LogP contribution in [0.2, 0.25) is 0 Å². The van der Waals surface area contributed by atoms with Crippen LogP contribution in [0.5, 0.6) is 0 Å². The summed E-state index contributed by atoms with van der Waals surface area (Å²) in [6.07, 6.45) is 0.949. The Morgan fingerprint density at radius 2 is 2.00 bits per heavy atom. The highest BCUT2D eigenvalue weighted by molar-refractivity contribution is 5.88. The van der Waals surface area contributed by atoms with Crippen molar-refractivity contribution in [2.24, 2.45) is 0 Å². The fourth-order valence-corrected chi connectivity index (χ4v) is 2.95. The summed E-state index contributed by atoms with van der Waals surface area (Å²) in [6, 6.07) is 7.73. The topological polar surface area (TPSA) is 102 Å². The Bertz CT molecular complexity index is 653. The summed E-state index contributed by atoms with van der Waals surface area (Å²) in [5, 5.41) is 12.8. The van der Waals surface area contributed by atoms with E-state index in [0.717, 1.165) is 15.6 Å². The third-order valence-corrected chi connectivity index (χ3v) is 4.21. The summed E-state index contributed by atoms with van der Waals surface area (Å²) in [4.78, 5) is 41.8. The van der Waals surface area contributed by atoms with Crippen molar-refractivity contribution >= 4 is 17.9 Å². The van der Waals surface area contributed by atoms with Crippen molar-refractivity contribution < 1.29 is 24.3 Å². The molecule has 1 atom stereocenters. The predicted octanol–water partition coefficient (Wildman–Crippen LogP) is 0.741. The van der Waals surface area contributed by atoms with Gasteiger partial charge < -0.3 is 5.11 Å². The van der Waals surface area contributed by atoms with Crippen molar-refractivity contribution in [3.8, 4) is 0 Å². The number of urea groups is 1. The molecular weight excluding hydrogens is 328 g/mol. The number of hydrogen-bond donors (Lipinski definition) is 2. The number of carbonyl (C=O) groups excluding carboxylic acids is 2. The number of carbonyl (C=O) groups is 3. The molecule has 1 aromatic carbocycles. The molecule has 3 rings (SSSR count). The molecule has 0 aliphatic carbocycles. The Morgan fingerprint density at radius 3 is 2.72 bits per heavy atom. The number of hydrazine groups is 2. The molecule has 134 valence electrons. The van der Waals surface area contributed by atoms with Crippen molar-refractivity contribution in [3.05, 3.63) is 35.9 Å². The second kappa shape index (κ2) is 7.49. The quantitative estimate of drug-likeness (QED) is 0.761. The van der Waals surface area contributed by atoms with Crippen LogP contribution in [0.1, 0.15) is 24.8 Å². The molecule has 2 fully saturated rings. The fourth-order valence-electron chi connectivity index (χ4n) is 2.95. The van der Waals surface area contributed by atoms with E-state index in [1.165, 1.54) is 5.01 Å². The summed E-state index contributed by atoms with van der Waals surface area (Å²) < 4.78 is 0. The first kappa shape index (κ1) is 17.2. The lowest BCUT2D eigenvalue weighted by atomic mass is 10.1. The van der Waals surface area contributed by atoms with Gasteiger partial charge in [0.25, 0.3) is 0 Å². The Morgan fingerprint density at radius 1 is 1.24 bits per heavy atom. The van der Waals surface area contributed by atoms with Crippen LogP contribution in [0.15, 0.2) is 30.3 Å². The summed E-state index contributed by atoms with van der Waals surface area (Å²) in [6.45, 7) is 0.670. The van der Waals surface area contributed by atoms with E-state index in [1.54, 1.807) is 0 Å². The highest BCUT2D eigenvalue weighted by Gasteiger charge is 2.43. The summed E-state index contributed by atoms with van der Waals surface area (Å²) >= 11 is 0. The maximum atomic E-state index is 12.7. The molecular formula is C16H20N4O5. The largest absolute Gasteiger partial charge is 0.480 e. The third-order valence-electron chi connectivity index (χ3n) is 4.21. The van der Waals surface area contributed by atoms with E-state index in [9.17, 15) is 19.5 Å². The average Bonchev–Trinajstić information content (AvgIpc) is 2.74. The van der Waals surface area contributed by atoms with Gasteiger partial charge >= 0.3 is 12.0 Å².